The van der Waals surface area contributed by atoms with Crippen LogP contribution in [0.15, 0.2) is 0 Å². The quantitative estimate of drug-likeness (QED) is 0.523. The normalized spacial score (nSPS) is 50.7. The van der Waals surface area contributed by atoms with Gasteiger partial charge in [0, 0.05) is 0 Å². The smallest absolute Gasteiger partial charge is 0.0840 e. The molecule has 0 amide bonds. The monoisotopic (exact) mass is 158 g/mol. The van der Waals surface area contributed by atoms with E-state index in [0.29, 0.717) is 0 Å². The van der Waals surface area contributed by atoms with Gasteiger partial charge in [-0.1, -0.05) is 0 Å². The van der Waals surface area contributed by atoms with Crippen molar-refractivity contribution < 1.29 is 14.9 Å². The molecule has 11 heavy (non-hydrogen) atoms. The Morgan fingerprint density at radius 1 is 0.818 bits per heavy atom. The third-order valence-electron chi connectivity index (χ3n) is 2.70. The lowest BCUT2D eigenvalue weighted by molar-refractivity contribution is -0.182. The molecular formula is C8H14O3. The summed E-state index contributed by atoms with van der Waals surface area (Å²) in [6.45, 7) is 0. The van der Waals surface area contributed by atoms with Crippen LogP contribution in [-0.4, -0.2) is 34.6 Å². The Balaban J connectivity index is 2.02. The summed E-state index contributed by atoms with van der Waals surface area (Å²) >= 11 is 0. The predicted molar refractivity (Wildman–Crippen MR) is 39.1 cm³/mol. The summed E-state index contributed by atoms with van der Waals surface area (Å²) in [4.78, 5) is 0. The largest absolute Gasteiger partial charge is 0.390 e. The molecule has 2 N–H and O–H groups in total. The van der Waals surface area contributed by atoms with Gasteiger partial charge in [-0.2, -0.15) is 0 Å². The molecule has 2 aliphatic rings. The molecule has 2 bridgehead atoms. The molecule has 0 saturated carbocycles. The lowest BCUT2D eigenvalue weighted by atomic mass is 9.88. The Labute approximate surface area is 66.0 Å². The second-order valence-corrected chi connectivity index (χ2v) is 3.50. The average molecular weight is 158 g/mol. The van der Waals surface area contributed by atoms with Crippen molar-refractivity contribution in [3.63, 3.8) is 0 Å². The Bertz CT molecular complexity index is 132. The van der Waals surface area contributed by atoms with E-state index in [4.69, 9.17) is 4.74 Å². The zero-order chi connectivity index (χ0) is 7.84. The number of aliphatic hydroxyl groups is 2. The van der Waals surface area contributed by atoms with E-state index in [2.05, 4.69) is 0 Å². The fourth-order valence-corrected chi connectivity index (χ4v) is 1.97. The van der Waals surface area contributed by atoms with Crippen LogP contribution < -0.4 is 0 Å². The summed E-state index contributed by atoms with van der Waals surface area (Å²) in [5.41, 5.74) is 0. The van der Waals surface area contributed by atoms with E-state index in [0.717, 1.165) is 25.7 Å². The standard InChI is InChI=1S/C8H14O3/c9-5-1-3-7-6(10)2-4-8(5)11-7/h5-10H,1-4H2/t5-,6+,7-,8-/m0/s1. The topological polar surface area (TPSA) is 49.7 Å². The summed E-state index contributed by atoms with van der Waals surface area (Å²) < 4.78 is 5.45. The minimum atomic E-state index is -0.293. The maximum Gasteiger partial charge on any atom is 0.0840 e. The number of ether oxygens (including phenoxy) is 1. The minimum absolute atomic E-state index is 0.00264. The van der Waals surface area contributed by atoms with Gasteiger partial charge in [-0.25, -0.2) is 0 Å². The highest BCUT2D eigenvalue weighted by Gasteiger charge is 2.37. The molecule has 2 rings (SSSR count). The van der Waals surface area contributed by atoms with Gasteiger partial charge in [0.2, 0.25) is 0 Å². The average Bonchev–Trinajstić information content (AvgIpc) is 2.02. The van der Waals surface area contributed by atoms with Gasteiger partial charge in [0.15, 0.2) is 0 Å². The molecular weight excluding hydrogens is 144 g/mol. The van der Waals surface area contributed by atoms with Crippen LogP contribution in [0.5, 0.6) is 0 Å². The van der Waals surface area contributed by atoms with Crippen LogP contribution in [0.4, 0.5) is 0 Å². The second-order valence-electron chi connectivity index (χ2n) is 3.50. The molecule has 3 heteroatoms. The Hall–Kier alpha value is -0.120. The van der Waals surface area contributed by atoms with Crippen LogP contribution >= 0.6 is 0 Å². The van der Waals surface area contributed by atoms with Crippen molar-refractivity contribution in [2.75, 3.05) is 0 Å². The second kappa shape index (κ2) is 2.73. The van der Waals surface area contributed by atoms with Gasteiger partial charge >= 0.3 is 0 Å². The van der Waals surface area contributed by atoms with Crippen LogP contribution in [0.25, 0.3) is 0 Å². The van der Waals surface area contributed by atoms with Gasteiger partial charge in [-0.3, -0.25) is 0 Å². The van der Waals surface area contributed by atoms with Gasteiger partial charge < -0.3 is 14.9 Å². The van der Waals surface area contributed by atoms with Gasteiger partial charge in [-0.15, -0.1) is 0 Å². The maximum atomic E-state index is 9.40. The molecule has 2 heterocycles. The van der Waals surface area contributed by atoms with E-state index in [1.807, 2.05) is 0 Å². The molecule has 0 unspecified atom stereocenters. The van der Waals surface area contributed by atoms with Crippen LogP contribution in [0.1, 0.15) is 25.7 Å². The van der Waals surface area contributed by atoms with Crippen molar-refractivity contribution in [1.29, 1.82) is 0 Å². The number of hydrogen-bond donors (Lipinski definition) is 2. The van der Waals surface area contributed by atoms with E-state index in [-0.39, 0.29) is 24.4 Å². The molecule has 0 radical (unpaired) electrons. The first-order chi connectivity index (χ1) is 5.27. The van der Waals surface area contributed by atoms with Crippen molar-refractivity contribution in [2.45, 2.75) is 50.1 Å². The number of aliphatic hydroxyl groups excluding tert-OH is 2. The van der Waals surface area contributed by atoms with E-state index in [1.165, 1.54) is 0 Å². The molecule has 3 nitrogen and oxygen atoms in total. The summed E-state index contributed by atoms with van der Waals surface area (Å²) in [6, 6.07) is 0. The van der Waals surface area contributed by atoms with Crippen molar-refractivity contribution >= 4 is 0 Å². The number of fused-ring (bicyclic) bond motifs is 2. The summed E-state index contributed by atoms with van der Waals surface area (Å²) in [5.74, 6) is 0. The molecule has 0 aromatic rings. The van der Waals surface area contributed by atoms with Crippen LogP contribution in [0.2, 0.25) is 0 Å². The molecule has 0 aromatic carbocycles. The third kappa shape index (κ3) is 1.28. The van der Waals surface area contributed by atoms with Gasteiger partial charge in [0.25, 0.3) is 0 Å². The Morgan fingerprint density at radius 2 is 1.27 bits per heavy atom. The maximum absolute atomic E-state index is 9.40. The molecule has 2 fully saturated rings. The van der Waals surface area contributed by atoms with E-state index < -0.39 is 0 Å². The molecule has 0 aromatic heterocycles. The SMILES string of the molecule is O[C@@H]1CC[C@@H]2O[C@H]1CC[C@@H]2O. The first-order valence-corrected chi connectivity index (χ1v) is 4.29. The number of hydrogen-bond acceptors (Lipinski definition) is 3. The fraction of sp³-hybridized carbons (Fsp3) is 1.00. The lowest BCUT2D eigenvalue weighted by Crippen LogP contribution is -2.48. The molecule has 0 spiro atoms. The highest BCUT2D eigenvalue weighted by molar-refractivity contribution is 4.87. The highest BCUT2D eigenvalue weighted by atomic mass is 16.5. The first-order valence-electron chi connectivity index (χ1n) is 4.29. The lowest BCUT2D eigenvalue weighted by Gasteiger charge is -2.40. The van der Waals surface area contributed by atoms with Gasteiger partial charge in [0.05, 0.1) is 24.4 Å². The Morgan fingerprint density at radius 3 is 1.73 bits per heavy atom. The van der Waals surface area contributed by atoms with Crippen LogP contribution in [-0.2, 0) is 4.74 Å². The molecule has 2 aliphatic heterocycles. The number of rotatable bonds is 0. The molecule has 0 aliphatic carbocycles. The zero-order valence-corrected chi connectivity index (χ0v) is 6.44. The summed E-state index contributed by atoms with van der Waals surface area (Å²) in [7, 11) is 0. The minimum Gasteiger partial charge on any atom is -0.390 e. The third-order valence-corrected chi connectivity index (χ3v) is 2.70. The van der Waals surface area contributed by atoms with Crippen LogP contribution in [0.3, 0.4) is 0 Å². The summed E-state index contributed by atoms with van der Waals surface area (Å²) in [5, 5.41) is 18.8. The van der Waals surface area contributed by atoms with Crippen molar-refractivity contribution in [2.24, 2.45) is 0 Å². The van der Waals surface area contributed by atoms with Gasteiger partial charge in [0.1, 0.15) is 0 Å². The highest BCUT2D eigenvalue weighted by Crippen LogP contribution is 2.30. The van der Waals surface area contributed by atoms with Crippen molar-refractivity contribution in [3.8, 4) is 0 Å². The Kier molecular flexibility index (Phi) is 1.87. The zero-order valence-electron chi connectivity index (χ0n) is 6.44. The molecule has 4 atom stereocenters. The van der Waals surface area contributed by atoms with Crippen molar-refractivity contribution in [1.82, 2.24) is 0 Å². The summed E-state index contributed by atoms with van der Waals surface area (Å²) in [6.07, 6.45) is 2.59. The molecule has 2 saturated heterocycles. The fourth-order valence-electron chi connectivity index (χ4n) is 1.97. The first kappa shape index (κ1) is 7.53. The van der Waals surface area contributed by atoms with E-state index >= 15 is 0 Å². The predicted octanol–water partition coefficient (Wildman–Crippen LogP) is 0.0496. The van der Waals surface area contributed by atoms with Gasteiger partial charge in [-0.05, 0) is 25.7 Å². The van der Waals surface area contributed by atoms with Crippen molar-refractivity contribution in [3.05, 3.63) is 0 Å². The van der Waals surface area contributed by atoms with Crippen LogP contribution in [0, 0.1) is 0 Å². The molecule has 64 valence electrons. The van der Waals surface area contributed by atoms with E-state index in [1.54, 1.807) is 0 Å². The van der Waals surface area contributed by atoms with E-state index in [9.17, 15) is 10.2 Å².